The average molecular weight is 309 g/mol. The van der Waals surface area contributed by atoms with E-state index in [9.17, 15) is 4.79 Å². The summed E-state index contributed by atoms with van der Waals surface area (Å²) in [6.45, 7) is 3.85. The Balaban J connectivity index is 2.24. The first-order valence-corrected chi connectivity index (χ1v) is 6.82. The van der Waals surface area contributed by atoms with Gasteiger partial charge < -0.3 is 14.2 Å². The molecule has 6 heteroatoms. The van der Waals surface area contributed by atoms with Crippen molar-refractivity contribution in [1.29, 1.82) is 0 Å². The van der Waals surface area contributed by atoms with Gasteiger partial charge in [0.05, 0.1) is 12.8 Å². The lowest BCUT2D eigenvalue weighted by atomic mass is 10.1. The van der Waals surface area contributed by atoms with Gasteiger partial charge in [-0.15, -0.1) is 0 Å². The highest BCUT2D eigenvalue weighted by Crippen LogP contribution is 2.24. The lowest BCUT2D eigenvalue weighted by Crippen LogP contribution is -2.27. The molecule has 1 aromatic heterocycles. The maximum absolute atomic E-state index is 12.5. The van der Waals surface area contributed by atoms with Gasteiger partial charge in [-0.05, 0) is 32.0 Å². The van der Waals surface area contributed by atoms with E-state index in [0.29, 0.717) is 34.3 Å². The maximum Gasteiger partial charge on any atom is 0.259 e. The molecular weight excluding hydrogens is 292 g/mol. The smallest absolute Gasteiger partial charge is 0.259 e. The number of hydrogen-bond donors (Lipinski definition) is 0. The van der Waals surface area contributed by atoms with Gasteiger partial charge >= 0.3 is 0 Å². The zero-order valence-corrected chi connectivity index (χ0v) is 13.2. The highest BCUT2D eigenvalue weighted by molar-refractivity contribution is 6.30. The van der Waals surface area contributed by atoms with E-state index in [0.717, 1.165) is 5.56 Å². The highest BCUT2D eigenvalue weighted by atomic mass is 35.5. The summed E-state index contributed by atoms with van der Waals surface area (Å²) in [7, 11) is 3.30. The first kappa shape index (κ1) is 15.4. The molecular formula is C15H17ClN2O3. The molecule has 1 aromatic carbocycles. The van der Waals surface area contributed by atoms with Gasteiger partial charge in [0.15, 0.2) is 0 Å². The molecule has 1 amide bonds. The predicted octanol–water partition coefficient (Wildman–Crippen LogP) is 3.23. The topological polar surface area (TPSA) is 55.6 Å². The Morgan fingerprint density at radius 3 is 2.71 bits per heavy atom. The first-order chi connectivity index (χ1) is 9.93. The van der Waals surface area contributed by atoms with E-state index in [2.05, 4.69) is 5.16 Å². The summed E-state index contributed by atoms with van der Waals surface area (Å²) in [5, 5.41) is 4.41. The van der Waals surface area contributed by atoms with Crippen LogP contribution in [0.5, 0.6) is 5.75 Å². The molecule has 5 nitrogen and oxygen atoms in total. The monoisotopic (exact) mass is 308 g/mol. The number of amides is 1. The largest absolute Gasteiger partial charge is 0.496 e. The fourth-order valence-corrected chi connectivity index (χ4v) is 2.37. The molecule has 0 aliphatic carbocycles. The molecule has 0 atom stereocenters. The minimum absolute atomic E-state index is 0.145. The molecule has 0 spiro atoms. The zero-order chi connectivity index (χ0) is 15.6. The molecule has 0 saturated carbocycles. The molecule has 0 fully saturated rings. The highest BCUT2D eigenvalue weighted by Gasteiger charge is 2.21. The molecule has 21 heavy (non-hydrogen) atoms. The van der Waals surface area contributed by atoms with Crippen LogP contribution in [0.4, 0.5) is 0 Å². The summed E-state index contributed by atoms with van der Waals surface area (Å²) in [5.41, 5.74) is 1.92. The Hall–Kier alpha value is -2.01. The fourth-order valence-electron chi connectivity index (χ4n) is 2.18. The van der Waals surface area contributed by atoms with Crippen LogP contribution >= 0.6 is 11.6 Å². The molecule has 0 aliphatic heterocycles. The van der Waals surface area contributed by atoms with Gasteiger partial charge in [-0.25, -0.2) is 0 Å². The third kappa shape index (κ3) is 3.19. The van der Waals surface area contributed by atoms with Crippen LogP contribution in [-0.2, 0) is 6.54 Å². The van der Waals surface area contributed by atoms with Crippen molar-refractivity contribution in [2.75, 3.05) is 14.2 Å². The van der Waals surface area contributed by atoms with E-state index in [1.807, 2.05) is 0 Å². The lowest BCUT2D eigenvalue weighted by Gasteiger charge is -2.19. The molecule has 0 saturated heterocycles. The zero-order valence-electron chi connectivity index (χ0n) is 12.4. The number of carbonyl (C=O) groups is 1. The number of ether oxygens (including phenoxy) is 1. The van der Waals surface area contributed by atoms with Gasteiger partial charge in [0.2, 0.25) is 0 Å². The summed E-state index contributed by atoms with van der Waals surface area (Å²) >= 11 is 6.00. The maximum atomic E-state index is 12.5. The van der Waals surface area contributed by atoms with E-state index >= 15 is 0 Å². The first-order valence-electron chi connectivity index (χ1n) is 6.44. The number of aryl methyl sites for hydroxylation is 2. The van der Waals surface area contributed by atoms with Crippen LogP contribution in [0.15, 0.2) is 22.7 Å². The van der Waals surface area contributed by atoms with Crippen molar-refractivity contribution >= 4 is 17.5 Å². The third-order valence-corrected chi connectivity index (χ3v) is 3.48. The van der Waals surface area contributed by atoms with E-state index in [1.54, 1.807) is 51.1 Å². The van der Waals surface area contributed by atoms with Crippen LogP contribution < -0.4 is 4.74 Å². The molecule has 0 N–H and O–H groups in total. The third-order valence-electron chi connectivity index (χ3n) is 3.24. The van der Waals surface area contributed by atoms with E-state index in [-0.39, 0.29) is 5.91 Å². The van der Waals surface area contributed by atoms with Crippen LogP contribution in [-0.4, -0.2) is 30.1 Å². The number of benzene rings is 1. The van der Waals surface area contributed by atoms with E-state index in [4.69, 9.17) is 20.9 Å². The summed E-state index contributed by atoms with van der Waals surface area (Å²) in [6, 6.07) is 5.32. The number of halogens is 1. The van der Waals surface area contributed by atoms with Crippen molar-refractivity contribution < 1.29 is 14.1 Å². The van der Waals surface area contributed by atoms with Gasteiger partial charge in [0.1, 0.15) is 17.1 Å². The van der Waals surface area contributed by atoms with Crippen LogP contribution in [0.2, 0.25) is 5.02 Å². The molecule has 2 aromatic rings. The van der Waals surface area contributed by atoms with E-state index < -0.39 is 0 Å². The number of rotatable bonds is 4. The second kappa shape index (κ2) is 6.18. The Labute approximate surface area is 128 Å². The minimum Gasteiger partial charge on any atom is -0.496 e. The number of aromatic nitrogens is 1. The standard InChI is InChI=1S/C15H17ClN2O3/c1-9-14(10(2)21-17-9)15(19)18(3)8-11-7-12(16)5-6-13(11)20-4/h5-7H,8H2,1-4H3. The quantitative estimate of drug-likeness (QED) is 0.870. The fraction of sp³-hybridized carbons (Fsp3) is 0.333. The summed E-state index contributed by atoms with van der Waals surface area (Å²) in [6.07, 6.45) is 0. The van der Waals surface area contributed by atoms with Gasteiger partial charge in [0.25, 0.3) is 5.91 Å². The minimum atomic E-state index is -0.145. The molecule has 0 radical (unpaired) electrons. The molecule has 0 unspecified atom stereocenters. The molecule has 0 aliphatic rings. The SMILES string of the molecule is COc1ccc(Cl)cc1CN(C)C(=O)c1c(C)noc1C. The molecule has 1 heterocycles. The van der Waals surface area contributed by atoms with Crippen molar-refractivity contribution in [3.63, 3.8) is 0 Å². The van der Waals surface area contributed by atoms with Gasteiger partial charge in [-0.1, -0.05) is 16.8 Å². The number of carbonyl (C=O) groups excluding carboxylic acids is 1. The average Bonchev–Trinajstić information content (AvgIpc) is 2.77. The lowest BCUT2D eigenvalue weighted by molar-refractivity contribution is 0.0782. The van der Waals surface area contributed by atoms with Crippen LogP contribution in [0, 0.1) is 13.8 Å². The van der Waals surface area contributed by atoms with Gasteiger partial charge in [-0.3, -0.25) is 4.79 Å². The van der Waals surface area contributed by atoms with Crippen molar-refractivity contribution in [2.45, 2.75) is 20.4 Å². The predicted molar refractivity (Wildman–Crippen MR) is 79.8 cm³/mol. The van der Waals surface area contributed by atoms with Crippen molar-refractivity contribution in [2.24, 2.45) is 0 Å². The Morgan fingerprint density at radius 2 is 2.14 bits per heavy atom. The van der Waals surface area contributed by atoms with Crippen molar-refractivity contribution in [3.8, 4) is 5.75 Å². The van der Waals surface area contributed by atoms with Gasteiger partial charge in [-0.2, -0.15) is 0 Å². The van der Waals surface area contributed by atoms with Crippen LogP contribution in [0.3, 0.4) is 0 Å². The molecule has 0 bridgehead atoms. The Bertz CT molecular complexity index is 647. The number of methoxy groups -OCH3 is 1. The van der Waals surface area contributed by atoms with Crippen molar-refractivity contribution in [3.05, 3.63) is 45.8 Å². The Morgan fingerprint density at radius 1 is 1.43 bits per heavy atom. The number of hydrogen-bond acceptors (Lipinski definition) is 4. The summed E-state index contributed by atoms with van der Waals surface area (Å²) < 4.78 is 10.3. The summed E-state index contributed by atoms with van der Waals surface area (Å²) in [5.74, 6) is 1.06. The summed E-state index contributed by atoms with van der Waals surface area (Å²) in [4.78, 5) is 14.1. The van der Waals surface area contributed by atoms with Crippen LogP contribution in [0.25, 0.3) is 0 Å². The normalized spacial score (nSPS) is 10.5. The second-order valence-corrected chi connectivity index (χ2v) is 5.25. The number of nitrogens with zero attached hydrogens (tertiary/aromatic N) is 2. The Kier molecular flexibility index (Phi) is 4.53. The molecule has 2 rings (SSSR count). The molecule has 112 valence electrons. The van der Waals surface area contributed by atoms with Crippen molar-refractivity contribution in [1.82, 2.24) is 10.1 Å². The van der Waals surface area contributed by atoms with E-state index in [1.165, 1.54) is 0 Å². The van der Waals surface area contributed by atoms with Gasteiger partial charge in [0, 0.05) is 24.2 Å². The van der Waals surface area contributed by atoms with Crippen LogP contribution in [0.1, 0.15) is 27.4 Å². The second-order valence-electron chi connectivity index (χ2n) is 4.82.